The maximum atomic E-state index is 12.6. The molecule has 0 heterocycles. The third-order valence-electron chi connectivity index (χ3n) is 4.25. The van der Waals surface area contributed by atoms with Crippen LogP contribution < -0.4 is 10.6 Å². The molecule has 0 saturated carbocycles. The standard InChI is InChI=1S/C21H30N2O6/c1-4-16(24)10-11-17(20(26)27)22-19(25)18(12-14(2)3)23-21(28)29-13-15-8-6-5-7-9-15/h5-9,14,17-18H,4,10-13H2,1-3H3,(H,22,25)(H,23,28)(H,26,27)/t17-,18-/m0/s1. The lowest BCUT2D eigenvalue weighted by molar-refractivity contribution is -0.142. The minimum atomic E-state index is -1.22. The summed E-state index contributed by atoms with van der Waals surface area (Å²) in [6, 6.07) is 6.96. The molecule has 1 aromatic rings. The first-order chi connectivity index (χ1) is 13.7. The number of ether oxygens (including phenoxy) is 1. The first-order valence-corrected chi connectivity index (χ1v) is 9.75. The molecule has 160 valence electrons. The van der Waals surface area contributed by atoms with Crippen LogP contribution in [0.1, 0.15) is 52.0 Å². The number of Topliss-reactive ketones (excluding diaryl/α,β-unsaturated/α-hetero) is 1. The number of alkyl carbamates (subject to hydrolysis) is 1. The van der Waals surface area contributed by atoms with Crippen molar-refractivity contribution in [1.82, 2.24) is 10.6 Å². The monoisotopic (exact) mass is 406 g/mol. The van der Waals surface area contributed by atoms with E-state index < -0.39 is 30.1 Å². The fourth-order valence-corrected chi connectivity index (χ4v) is 2.62. The van der Waals surface area contributed by atoms with Gasteiger partial charge in [0.2, 0.25) is 5.91 Å². The van der Waals surface area contributed by atoms with Gasteiger partial charge in [-0.1, -0.05) is 51.1 Å². The van der Waals surface area contributed by atoms with Gasteiger partial charge in [-0.2, -0.15) is 0 Å². The Morgan fingerprint density at radius 3 is 2.24 bits per heavy atom. The van der Waals surface area contributed by atoms with Crippen LogP contribution in [0.5, 0.6) is 0 Å². The Balaban J connectivity index is 2.68. The van der Waals surface area contributed by atoms with Crippen LogP contribution in [0.3, 0.4) is 0 Å². The molecular formula is C21H30N2O6. The second kappa shape index (κ2) is 12.5. The molecule has 0 aromatic heterocycles. The molecule has 0 bridgehead atoms. The Bertz CT molecular complexity index is 690. The Labute approximate surface area is 171 Å². The Morgan fingerprint density at radius 1 is 1.03 bits per heavy atom. The predicted octanol–water partition coefficient (Wildman–Crippen LogP) is 2.66. The van der Waals surface area contributed by atoms with Gasteiger partial charge in [0.1, 0.15) is 24.5 Å². The molecule has 29 heavy (non-hydrogen) atoms. The molecule has 3 N–H and O–H groups in total. The largest absolute Gasteiger partial charge is 0.480 e. The number of benzene rings is 1. The number of aliphatic carboxylic acids is 1. The van der Waals surface area contributed by atoms with Gasteiger partial charge < -0.3 is 20.5 Å². The van der Waals surface area contributed by atoms with Crippen LogP contribution in [0.2, 0.25) is 0 Å². The molecule has 2 amide bonds. The van der Waals surface area contributed by atoms with E-state index in [4.69, 9.17) is 4.74 Å². The normalized spacial score (nSPS) is 12.7. The summed E-state index contributed by atoms with van der Waals surface area (Å²) in [4.78, 5) is 47.6. The second-order valence-corrected chi connectivity index (χ2v) is 7.22. The Kier molecular flexibility index (Phi) is 10.4. The van der Waals surface area contributed by atoms with Crippen molar-refractivity contribution in [2.45, 2.75) is 65.1 Å². The van der Waals surface area contributed by atoms with Gasteiger partial charge in [-0.25, -0.2) is 9.59 Å². The van der Waals surface area contributed by atoms with Crippen LogP contribution in [0.4, 0.5) is 4.79 Å². The lowest BCUT2D eigenvalue weighted by Gasteiger charge is -2.22. The van der Waals surface area contributed by atoms with Crippen LogP contribution in [0.25, 0.3) is 0 Å². The van der Waals surface area contributed by atoms with E-state index in [0.717, 1.165) is 5.56 Å². The highest BCUT2D eigenvalue weighted by molar-refractivity contribution is 5.89. The summed E-state index contributed by atoms with van der Waals surface area (Å²) in [7, 11) is 0. The SMILES string of the molecule is CCC(=O)CC[C@H](NC(=O)[C@H](CC(C)C)NC(=O)OCc1ccccc1)C(=O)O. The molecule has 0 radical (unpaired) electrons. The fourth-order valence-electron chi connectivity index (χ4n) is 2.62. The zero-order valence-corrected chi connectivity index (χ0v) is 17.1. The Morgan fingerprint density at radius 2 is 1.69 bits per heavy atom. The highest BCUT2D eigenvalue weighted by Crippen LogP contribution is 2.08. The first kappa shape index (κ1) is 24.1. The molecule has 0 unspecified atom stereocenters. The fraction of sp³-hybridized carbons (Fsp3) is 0.524. The number of nitrogens with one attached hydrogen (secondary N) is 2. The van der Waals surface area contributed by atoms with Gasteiger partial charge in [-0.3, -0.25) is 9.59 Å². The van der Waals surface area contributed by atoms with Crippen LogP contribution in [-0.4, -0.2) is 40.9 Å². The molecule has 8 heteroatoms. The smallest absolute Gasteiger partial charge is 0.408 e. The van der Waals surface area contributed by atoms with Crippen molar-refractivity contribution in [1.29, 1.82) is 0 Å². The second-order valence-electron chi connectivity index (χ2n) is 7.22. The van der Waals surface area contributed by atoms with Crippen molar-refractivity contribution in [3.63, 3.8) is 0 Å². The highest BCUT2D eigenvalue weighted by atomic mass is 16.5. The van der Waals surface area contributed by atoms with Crippen LogP contribution in [0.15, 0.2) is 30.3 Å². The molecule has 0 fully saturated rings. The Hall–Kier alpha value is -2.90. The van der Waals surface area contributed by atoms with E-state index in [2.05, 4.69) is 10.6 Å². The quantitative estimate of drug-likeness (QED) is 0.491. The zero-order chi connectivity index (χ0) is 21.8. The van der Waals surface area contributed by atoms with Crippen molar-refractivity contribution in [3.05, 3.63) is 35.9 Å². The molecule has 0 aliphatic carbocycles. The molecule has 0 aliphatic heterocycles. The number of carboxylic acid groups (broad SMARTS) is 1. The lowest BCUT2D eigenvalue weighted by atomic mass is 10.0. The van der Waals surface area contributed by atoms with Crippen molar-refractivity contribution in [2.24, 2.45) is 5.92 Å². The predicted molar refractivity (Wildman–Crippen MR) is 107 cm³/mol. The number of carbonyl (C=O) groups excluding carboxylic acids is 3. The molecule has 1 aromatic carbocycles. The lowest BCUT2D eigenvalue weighted by Crippen LogP contribution is -2.52. The van der Waals surface area contributed by atoms with Gasteiger partial charge in [-0.05, 0) is 24.3 Å². The van der Waals surface area contributed by atoms with E-state index in [9.17, 15) is 24.3 Å². The number of ketones is 1. The number of hydrogen-bond donors (Lipinski definition) is 3. The highest BCUT2D eigenvalue weighted by Gasteiger charge is 2.27. The summed E-state index contributed by atoms with van der Waals surface area (Å²) in [6.45, 7) is 5.51. The summed E-state index contributed by atoms with van der Waals surface area (Å²) in [5.41, 5.74) is 0.805. The molecule has 8 nitrogen and oxygen atoms in total. The van der Waals surface area contributed by atoms with E-state index >= 15 is 0 Å². The van der Waals surface area contributed by atoms with E-state index in [0.29, 0.717) is 12.8 Å². The average molecular weight is 406 g/mol. The van der Waals surface area contributed by atoms with Crippen molar-refractivity contribution in [2.75, 3.05) is 0 Å². The third-order valence-corrected chi connectivity index (χ3v) is 4.25. The van der Waals surface area contributed by atoms with Gasteiger partial charge >= 0.3 is 12.1 Å². The van der Waals surface area contributed by atoms with Gasteiger partial charge in [-0.15, -0.1) is 0 Å². The minimum Gasteiger partial charge on any atom is -0.480 e. The first-order valence-electron chi connectivity index (χ1n) is 9.75. The summed E-state index contributed by atoms with van der Waals surface area (Å²) >= 11 is 0. The summed E-state index contributed by atoms with van der Waals surface area (Å²) in [5, 5.41) is 14.3. The van der Waals surface area contributed by atoms with Crippen molar-refractivity contribution < 1.29 is 29.0 Å². The van der Waals surface area contributed by atoms with Crippen LogP contribution in [-0.2, 0) is 25.7 Å². The molecule has 1 rings (SSSR count). The minimum absolute atomic E-state index is 0.000594. The average Bonchev–Trinajstić information content (AvgIpc) is 2.68. The van der Waals surface area contributed by atoms with Crippen LogP contribution in [0, 0.1) is 5.92 Å². The number of carbonyl (C=O) groups is 4. The molecule has 0 saturated heterocycles. The number of carboxylic acids is 1. The third kappa shape index (κ3) is 9.73. The van der Waals surface area contributed by atoms with Crippen molar-refractivity contribution in [3.8, 4) is 0 Å². The number of amides is 2. The maximum Gasteiger partial charge on any atom is 0.408 e. The van der Waals surface area contributed by atoms with E-state index in [1.54, 1.807) is 19.1 Å². The molecular weight excluding hydrogens is 376 g/mol. The van der Waals surface area contributed by atoms with Gasteiger partial charge in [0.15, 0.2) is 0 Å². The van der Waals surface area contributed by atoms with E-state index in [1.165, 1.54) is 0 Å². The maximum absolute atomic E-state index is 12.6. The van der Waals surface area contributed by atoms with Gasteiger partial charge in [0, 0.05) is 12.8 Å². The molecule has 0 spiro atoms. The topological polar surface area (TPSA) is 122 Å². The van der Waals surface area contributed by atoms with Gasteiger partial charge in [0.05, 0.1) is 0 Å². The zero-order valence-electron chi connectivity index (χ0n) is 17.1. The molecule has 0 aliphatic rings. The van der Waals surface area contributed by atoms with Gasteiger partial charge in [0.25, 0.3) is 0 Å². The number of hydrogen-bond acceptors (Lipinski definition) is 5. The summed E-state index contributed by atoms with van der Waals surface area (Å²) < 4.78 is 5.15. The van der Waals surface area contributed by atoms with E-state index in [-0.39, 0.29) is 31.1 Å². The molecule has 2 atom stereocenters. The van der Waals surface area contributed by atoms with Crippen LogP contribution >= 0.6 is 0 Å². The number of rotatable bonds is 12. The summed E-state index contributed by atoms with van der Waals surface area (Å²) in [5.74, 6) is -1.85. The van der Waals surface area contributed by atoms with Crippen molar-refractivity contribution >= 4 is 23.8 Å². The summed E-state index contributed by atoms with van der Waals surface area (Å²) in [6.07, 6.45) is -0.0736. The van der Waals surface area contributed by atoms with E-state index in [1.807, 2.05) is 32.0 Å².